The number of ether oxygens (including phenoxy) is 1. The largest absolute Gasteiger partial charge is 0.384 e. The number of aromatic nitrogens is 1. The lowest BCUT2D eigenvalue weighted by molar-refractivity contribution is 0.0857. The molecule has 4 aromatic rings. The van der Waals surface area contributed by atoms with Gasteiger partial charge in [-0.15, -0.1) is 0 Å². The number of nitrogen functional groups attached to an aromatic ring is 1. The lowest BCUT2D eigenvalue weighted by Crippen LogP contribution is -2.25. The van der Waals surface area contributed by atoms with Crippen LogP contribution < -0.4 is 11.1 Å². The number of aryl methyl sites for hydroxylation is 2. The number of rotatable bonds is 4. The van der Waals surface area contributed by atoms with Gasteiger partial charge in [0.05, 0.1) is 5.56 Å². The van der Waals surface area contributed by atoms with E-state index in [1.807, 2.05) is 32.0 Å². The Morgan fingerprint density at radius 1 is 0.919 bits per heavy atom. The Hall–Kier alpha value is -4.10. The van der Waals surface area contributed by atoms with E-state index in [-0.39, 0.29) is 31.5 Å². The normalized spacial score (nSPS) is 16.6. The van der Waals surface area contributed by atoms with Gasteiger partial charge in [0.1, 0.15) is 29.7 Å². The fourth-order valence-electron chi connectivity index (χ4n) is 5.28. The molecule has 3 aromatic carbocycles. The summed E-state index contributed by atoms with van der Waals surface area (Å²) in [6.45, 7) is 3.94. The van der Waals surface area contributed by atoms with Gasteiger partial charge in [-0.3, -0.25) is 4.79 Å². The predicted molar refractivity (Wildman–Crippen MR) is 139 cm³/mol. The molecule has 0 saturated carbocycles. The molecule has 0 fully saturated rings. The van der Waals surface area contributed by atoms with Crippen LogP contribution in [-0.2, 0) is 11.3 Å². The zero-order valence-corrected chi connectivity index (χ0v) is 19.7. The average Bonchev–Trinajstić information content (AvgIpc) is 3.39. The summed E-state index contributed by atoms with van der Waals surface area (Å²) in [6.07, 6.45) is -0.765. The first-order valence-electron chi connectivity index (χ1n) is 11.7. The van der Waals surface area contributed by atoms with E-state index in [0.717, 1.165) is 50.2 Å². The highest BCUT2D eigenvalue weighted by molar-refractivity contribution is 5.95. The molecule has 2 aliphatic heterocycles. The van der Waals surface area contributed by atoms with Crippen molar-refractivity contribution in [1.82, 2.24) is 10.3 Å². The van der Waals surface area contributed by atoms with Crippen molar-refractivity contribution < 1.29 is 18.3 Å². The van der Waals surface area contributed by atoms with E-state index in [0.29, 0.717) is 5.82 Å². The Morgan fingerprint density at radius 2 is 1.57 bits per heavy atom. The fraction of sp³-hybridized carbons (Fsp3) is 0.200. The standard InChI is InChI=1S/C29H23F2N3O2.CH4/c1-14-9-26(32)34-15(2)24(14)13-33-29(35)23-11-21-22(12-25(23)31)27-19-8-5-17(10-20(19)28(21)36-27)16-3-6-18(30)7-4-16;/h3-12,27-28H,13H2,1-2H3,(H2,32,34)(H,33,35);1H4. The number of anilines is 1. The van der Waals surface area contributed by atoms with Gasteiger partial charge in [-0.1, -0.05) is 31.7 Å². The van der Waals surface area contributed by atoms with Crippen molar-refractivity contribution in [3.8, 4) is 11.1 Å². The number of pyridine rings is 1. The summed E-state index contributed by atoms with van der Waals surface area (Å²) in [5.41, 5.74) is 13.6. The first-order chi connectivity index (χ1) is 17.3. The van der Waals surface area contributed by atoms with Gasteiger partial charge in [-0.05, 0) is 94.8 Å². The van der Waals surface area contributed by atoms with Crippen LogP contribution in [0, 0.1) is 25.5 Å². The highest BCUT2D eigenvalue weighted by Gasteiger charge is 2.43. The number of benzene rings is 3. The number of fused-ring (bicyclic) bond motifs is 8. The molecule has 7 heteroatoms. The van der Waals surface area contributed by atoms with Crippen molar-refractivity contribution in [3.63, 3.8) is 0 Å². The second kappa shape index (κ2) is 9.09. The van der Waals surface area contributed by atoms with E-state index in [1.54, 1.807) is 24.3 Å². The molecule has 0 saturated heterocycles. The minimum Gasteiger partial charge on any atom is -0.384 e. The summed E-state index contributed by atoms with van der Waals surface area (Å²) in [5, 5.41) is 2.82. The topological polar surface area (TPSA) is 77.2 Å². The molecule has 0 radical (unpaired) electrons. The zero-order valence-electron chi connectivity index (χ0n) is 19.7. The molecule has 2 aliphatic rings. The minimum absolute atomic E-state index is 0. The Kier molecular flexibility index (Phi) is 6.04. The number of nitrogens with one attached hydrogen (secondary N) is 1. The predicted octanol–water partition coefficient (Wildman–Crippen LogP) is 6.31. The maximum Gasteiger partial charge on any atom is 0.254 e. The molecule has 188 valence electrons. The molecule has 1 amide bonds. The monoisotopic (exact) mass is 499 g/mol. The highest BCUT2D eigenvalue weighted by atomic mass is 19.1. The molecule has 5 nitrogen and oxygen atoms in total. The SMILES string of the molecule is C.Cc1cc(N)nc(C)c1CNC(=O)c1cc2c(cc1F)C1OC2c2cc(-c3ccc(F)cc3)ccc21. The van der Waals surface area contributed by atoms with Crippen LogP contribution in [0.4, 0.5) is 14.6 Å². The van der Waals surface area contributed by atoms with Gasteiger partial charge >= 0.3 is 0 Å². The van der Waals surface area contributed by atoms with Gasteiger partial charge in [0.25, 0.3) is 5.91 Å². The van der Waals surface area contributed by atoms with Gasteiger partial charge in [-0.25, -0.2) is 13.8 Å². The molecule has 37 heavy (non-hydrogen) atoms. The number of hydrogen-bond acceptors (Lipinski definition) is 4. The average molecular weight is 500 g/mol. The molecule has 2 unspecified atom stereocenters. The van der Waals surface area contributed by atoms with E-state index in [9.17, 15) is 9.18 Å². The number of hydrogen-bond donors (Lipinski definition) is 2. The van der Waals surface area contributed by atoms with Crippen LogP contribution in [0.1, 0.15) is 69.1 Å². The molecule has 3 heterocycles. The highest BCUT2D eigenvalue weighted by Crippen LogP contribution is 2.55. The molecular formula is C30H27F2N3O2. The molecule has 1 aromatic heterocycles. The number of nitrogens with zero attached hydrogens (tertiary/aromatic N) is 1. The summed E-state index contributed by atoms with van der Waals surface area (Å²) in [7, 11) is 0. The summed E-state index contributed by atoms with van der Waals surface area (Å²) >= 11 is 0. The maximum atomic E-state index is 15.1. The molecule has 0 spiro atoms. The Bertz CT molecular complexity index is 1530. The lowest BCUT2D eigenvalue weighted by atomic mass is 9.83. The summed E-state index contributed by atoms with van der Waals surface area (Å²) in [4.78, 5) is 17.2. The Balaban J connectivity index is 0.00000280. The van der Waals surface area contributed by atoms with Gasteiger partial charge in [0, 0.05) is 12.2 Å². The lowest BCUT2D eigenvalue weighted by Gasteiger charge is -2.18. The van der Waals surface area contributed by atoms with Gasteiger partial charge in [0.15, 0.2) is 0 Å². The quantitative estimate of drug-likeness (QED) is 0.345. The summed E-state index contributed by atoms with van der Waals surface area (Å²) < 4.78 is 34.6. The zero-order chi connectivity index (χ0) is 25.1. The number of halogens is 2. The Labute approximate surface area is 214 Å². The second-order valence-corrected chi connectivity index (χ2v) is 9.32. The van der Waals surface area contributed by atoms with Gasteiger partial charge in [-0.2, -0.15) is 0 Å². The third-order valence-corrected chi connectivity index (χ3v) is 7.08. The van der Waals surface area contributed by atoms with E-state index < -0.39 is 17.8 Å². The Morgan fingerprint density at radius 3 is 2.30 bits per heavy atom. The summed E-state index contributed by atoms with van der Waals surface area (Å²) in [6, 6.07) is 17.0. The van der Waals surface area contributed by atoms with Crippen LogP contribution in [0.15, 0.2) is 60.7 Å². The first-order valence-corrected chi connectivity index (χ1v) is 11.7. The van der Waals surface area contributed by atoms with Crippen LogP contribution in [0.5, 0.6) is 0 Å². The molecule has 3 N–H and O–H groups in total. The first kappa shape index (κ1) is 24.6. The van der Waals surface area contributed by atoms with Crippen molar-refractivity contribution >= 4 is 11.7 Å². The molecular weight excluding hydrogens is 472 g/mol. The van der Waals surface area contributed by atoms with Crippen molar-refractivity contribution in [2.45, 2.75) is 40.0 Å². The van der Waals surface area contributed by atoms with Crippen LogP contribution in [0.2, 0.25) is 0 Å². The van der Waals surface area contributed by atoms with Gasteiger partial charge in [0.2, 0.25) is 0 Å². The summed E-state index contributed by atoms with van der Waals surface area (Å²) in [5.74, 6) is -0.963. The van der Waals surface area contributed by atoms with Crippen molar-refractivity contribution in [2.24, 2.45) is 0 Å². The third-order valence-electron chi connectivity index (χ3n) is 7.08. The van der Waals surface area contributed by atoms with Crippen LogP contribution >= 0.6 is 0 Å². The molecule has 2 atom stereocenters. The number of amides is 1. The maximum absolute atomic E-state index is 15.1. The van der Waals surface area contributed by atoms with Crippen LogP contribution in [0.3, 0.4) is 0 Å². The van der Waals surface area contributed by atoms with Crippen molar-refractivity contribution in [3.05, 3.63) is 117 Å². The van der Waals surface area contributed by atoms with Gasteiger partial charge < -0.3 is 15.8 Å². The van der Waals surface area contributed by atoms with E-state index in [4.69, 9.17) is 10.5 Å². The van der Waals surface area contributed by atoms with E-state index in [1.165, 1.54) is 18.2 Å². The smallest absolute Gasteiger partial charge is 0.254 e. The van der Waals surface area contributed by atoms with Crippen molar-refractivity contribution in [1.29, 1.82) is 0 Å². The van der Waals surface area contributed by atoms with Crippen LogP contribution in [-0.4, -0.2) is 10.9 Å². The molecule has 2 bridgehead atoms. The number of nitrogens with two attached hydrogens (primary N) is 1. The molecule has 0 aliphatic carbocycles. The minimum atomic E-state index is -0.587. The molecule has 6 rings (SSSR count). The number of carbonyl (C=O) groups is 1. The van der Waals surface area contributed by atoms with E-state index >= 15 is 4.39 Å². The van der Waals surface area contributed by atoms with Crippen molar-refractivity contribution in [2.75, 3.05) is 5.73 Å². The van der Waals surface area contributed by atoms with Crippen LogP contribution in [0.25, 0.3) is 11.1 Å². The number of carbonyl (C=O) groups excluding carboxylic acids is 1. The third kappa shape index (κ3) is 4.05. The second-order valence-electron chi connectivity index (χ2n) is 9.32. The van der Waals surface area contributed by atoms with E-state index in [2.05, 4.69) is 10.3 Å². The fourth-order valence-corrected chi connectivity index (χ4v) is 5.28.